The molecule has 0 aromatic carbocycles. The van der Waals surface area contributed by atoms with Crippen molar-refractivity contribution in [2.45, 2.75) is 38.5 Å². The van der Waals surface area contributed by atoms with Crippen molar-refractivity contribution in [2.75, 3.05) is 0 Å². The summed E-state index contributed by atoms with van der Waals surface area (Å²) in [5.41, 5.74) is 0.300. The Kier molecular flexibility index (Phi) is 1.84. The highest BCUT2D eigenvalue weighted by Crippen LogP contribution is 2.39. The number of allylic oxidation sites excluding steroid dienone is 2. The zero-order chi connectivity index (χ0) is 7.83. The molecule has 0 aromatic heterocycles. The molecule has 0 saturated carbocycles. The Hall–Kier alpha value is 0.0300. The molecule has 0 aromatic rings. The van der Waals surface area contributed by atoms with Gasteiger partial charge in [-0.15, -0.1) is 11.6 Å². The highest BCUT2D eigenvalue weighted by atomic mass is 35.5. The molecule has 58 valence electrons. The molecule has 0 bridgehead atoms. The van der Waals surface area contributed by atoms with Crippen LogP contribution in [0.25, 0.3) is 0 Å². The summed E-state index contributed by atoms with van der Waals surface area (Å²) in [6.45, 7) is 6.56. The molecule has 0 aliphatic heterocycles. The van der Waals surface area contributed by atoms with Gasteiger partial charge in [0.25, 0.3) is 0 Å². The zero-order valence-corrected chi connectivity index (χ0v) is 7.70. The van der Waals surface area contributed by atoms with Crippen LogP contribution in [0.1, 0.15) is 33.6 Å². The third kappa shape index (κ3) is 2.02. The van der Waals surface area contributed by atoms with Crippen LogP contribution in [-0.2, 0) is 0 Å². The molecule has 0 spiro atoms. The van der Waals surface area contributed by atoms with E-state index in [1.54, 1.807) is 0 Å². The predicted molar refractivity (Wildman–Crippen MR) is 46.4 cm³/mol. The number of hydrogen-bond donors (Lipinski definition) is 0. The fourth-order valence-corrected chi connectivity index (χ4v) is 2.14. The molecular formula is C9H15Cl. The maximum absolute atomic E-state index is 6.21. The first-order valence-corrected chi connectivity index (χ1v) is 4.16. The lowest BCUT2D eigenvalue weighted by molar-refractivity contribution is 0.351. The molecule has 1 rings (SSSR count). The van der Waals surface area contributed by atoms with Gasteiger partial charge in [0.05, 0.1) is 0 Å². The van der Waals surface area contributed by atoms with Crippen LogP contribution < -0.4 is 0 Å². The SMILES string of the molecule is CC1(C)C=CCC(C)(Cl)C1. The lowest BCUT2D eigenvalue weighted by atomic mass is 9.77. The first-order chi connectivity index (χ1) is 4.41. The van der Waals surface area contributed by atoms with Gasteiger partial charge >= 0.3 is 0 Å². The monoisotopic (exact) mass is 158 g/mol. The third-order valence-corrected chi connectivity index (χ3v) is 2.22. The number of rotatable bonds is 0. The van der Waals surface area contributed by atoms with E-state index in [0.717, 1.165) is 12.8 Å². The van der Waals surface area contributed by atoms with E-state index in [9.17, 15) is 0 Å². The second-order valence-electron chi connectivity index (χ2n) is 4.19. The van der Waals surface area contributed by atoms with Gasteiger partial charge in [0, 0.05) is 4.87 Å². The van der Waals surface area contributed by atoms with Gasteiger partial charge < -0.3 is 0 Å². The summed E-state index contributed by atoms with van der Waals surface area (Å²) in [5.74, 6) is 0. The second-order valence-corrected chi connectivity index (χ2v) is 5.10. The first kappa shape index (κ1) is 8.13. The van der Waals surface area contributed by atoms with Crippen molar-refractivity contribution in [1.82, 2.24) is 0 Å². The van der Waals surface area contributed by atoms with Gasteiger partial charge in [-0.1, -0.05) is 26.0 Å². The molecule has 0 saturated heterocycles. The Morgan fingerprint density at radius 1 is 1.30 bits per heavy atom. The summed E-state index contributed by atoms with van der Waals surface area (Å²) in [6, 6.07) is 0. The van der Waals surface area contributed by atoms with Crippen LogP contribution >= 0.6 is 11.6 Å². The van der Waals surface area contributed by atoms with E-state index in [0.29, 0.717) is 5.41 Å². The van der Waals surface area contributed by atoms with Crippen molar-refractivity contribution >= 4 is 11.6 Å². The summed E-state index contributed by atoms with van der Waals surface area (Å²) in [5, 5.41) is 0. The van der Waals surface area contributed by atoms with Crippen molar-refractivity contribution < 1.29 is 0 Å². The van der Waals surface area contributed by atoms with Crippen molar-refractivity contribution in [3.8, 4) is 0 Å². The van der Waals surface area contributed by atoms with Crippen LogP contribution in [0.5, 0.6) is 0 Å². The van der Waals surface area contributed by atoms with Gasteiger partial charge in [0.1, 0.15) is 0 Å². The normalized spacial score (nSPS) is 38.0. The van der Waals surface area contributed by atoms with Crippen molar-refractivity contribution in [1.29, 1.82) is 0 Å². The van der Waals surface area contributed by atoms with E-state index in [1.165, 1.54) is 0 Å². The quantitative estimate of drug-likeness (QED) is 0.375. The van der Waals surface area contributed by atoms with Gasteiger partial charge in [0.15, 0.2) is 0 Å². The van der Waals surface area contributed by atoms with Crippen LogP contribution in [0.3, 0.4) is 0 Å². The maximum atomic E-state index is 6.21. The lowest BCUT2D eigenvalue weighted by Gasteiger charge is -2.34. The molecule has 1 aliphatic rings. The highest BCUT2D eigenvalue weighted by molar-refractivity contribution is 6.23. The number of halogens is 1. The summed E-state index contributed by atoms with van der Waals surface area (Å²) in [7, 11) is 0. The Morgan fingerprint density at radius 2 is 1.90 bits per heavy atom. The van der Waals surface area contributed by atoms with Gasteiger partial charge in [0.2, 0.25) is 0 Å². The predicted octanol–water partition coefficient (Wildman–Crippen LogP) is 3.36. The zero-order valence-electron chi connectivity index (χ0n) is 6.95. The first-order valence-electron chi connectivity index (χ1n) is 3.78. The largest absolute Gasteiger partial charge is 0.119 e. The van der Waals surface area contributed by atoms with Crippen LogP contribution in [0.4, 0.5) is 0 Å². The molecule has 0 radical (unpaired) electrons. The fraction of sp³-hybridized carbons (Fsp3) is 0.778. The van der Waals surface area contributed by atoms with Crippen molar-refractivity contribution in [3.63, 3.8) is 0 Å². The summed E-state index contributed by atoms with van der Waals surface area (Å²) in [6.07, 6.45) is 6.55. The molecule has 0 nitrogen and oxygen atoms in total. The third-order valence-electron chi connectivity index (χ3n) is 1.94. The smallest absolute Gasteiger partial charge is 0.0461 e. The standard InChI is InChI=1S/C9H15Cl/c1-8(2)5-4-6-9(3,10)7-8/h4-5H,6-7H2,1-3H3. The average molecular weight is 159 g/mol. The maximum Gasteiger partial charge on any atom is 0.0461 e. The fourth-order valence-electron chi connectivity index (χ4n) is 1.70. The molecule has 0 amide bonds. The van der Waals surface area contributed by atoms with Gasteiger partial charge in [-0.05, 0) is 25.2 Å². The molecule has 0 fully saturated rings. The minimum Gasteiger partial charge on any atom is -0.119 e. The summed E-state index contributed by atoms with van der Waals surface area (Å²) in [4.78, 5) is -0.00174. The van der Waals surface area contributed by atoms with E-state index >= 15 is 0 Å². The molecular weight excluding hydrogens is 144 g/mol. The molecule has 1 aliphatic carbocycles. The van der Waals surface area contributed by atoms with Crippen LogP contribution in [-0.4, -0.2) is 4.87 Å². The summed E-state index contributed by atoms with van der Waals surface area (Å²) >= 11 is 6.21. The number of alkyl halides is 1. The molecule has 1 atom stereocenters. The van der Waals surface area contributed by atoms with E-state index in [1.807, 2.05) is 0 Å². The van der Waals surface area contributed by atoms with Gasteiger partial charge in [-0.2, -0.15) is 0 Å². The van der Waals surface area contributed by atoms with Crippen molar-refractivity contribution in [3.05, 3.63) is 12.2 Å². The lowest BCUT2D eigenvalue weighted by Crippen LogP contribution is -2.27. The highest BCUT2D eigenvalue weighted by Gasteiger charge is 2.31. The van der Waals surface area contributed by atoms with Crippen LogP contribution in [0.15, 0.2) is 12.2 Å². The minimum atomic E-state index is -0.00174. The Balaban J connectivity index is 2.73. The number of hydrogen-bond acceptors (Lipinski definition) is 0. The minimum absolute atomic E-state index is 0.00174. The van der Waals surface area contributed by atoms with Crippen molar-refractivity contribution in [2.24, 2.45) is 5.41 Å². The second kappa shape index (κ2) is 2.27. The van der Waals surface area contributed by atoms with Crippen LogP contribution in [0, 0.1) is 5.41 Å². The molecule has 1 unspecified atom stereocenters. The van der Waals surface area contributed by atoms with Gasteiger partial charge in [-0.25, -0.2) is 0 Å². The molecule has 0 N–H and O–H groups in total. The van der Waals surface area contributed by atoms with E-state index in [2.05, 4.69) is 32.9 Å². The van der Waals surface area contributed by atoms with E-state index in [-0.39, 0.29) is 4.87 Å². The van der Waals surface area contributed by atoms with E-state index < -0.39 is 0 Å². The van der Waals surface area contributed by atoms with Gasteiger partial charge in [-0.3, -0.25) is 0 Å². The Bertz CT molecular complexity index is 154. The Labute approximate surface area is 68.3 Å². The van der Waals surface area contributed by atoms with Crippen LogP contribution in [0.2, 0.25) is 0 Å². The molecule has 10 heavy (non-hydrogen) atoms. The molecule has 1 heteroatoms. The average Bonchev–Trinajstić information content (AvgIpc) is 1.56. The van der Waals surface area contributed by atoms with E-state index in [4.69, 9.17) is 11.6 Å². The topological polar surface area (TPSA) is 0 Å². The molecule has 0 heterocycles. The summed E-state index contributed by atoms with van der Waals surface area (Å²) < 4.78 is 0. The Morgan fingerprint density at radius 3 is 2.20 bits per heavy atom.